The molecule has 0 saturated carbocycles. The summed E-state index contributed by atoms with van der Waals surface area (Å²) in [5, 5.41) is 14.2. The van der Waals surface area contributed by atoms with E-state index < -0.39 is 6.04 Å². The second-order valence-electron chi connectivity index (χ2n) is 6.37. The molecular formula is C21H16N4O2S2. The van der Waals surface area contributed by atoms with Crippen LogP contribution in [0.2, 0.25) is 0 Å². The van der Waals surface area contributed by atoms with Crippen molar-refractivity contribution in [1.82, 2.24) is 9.88 Å². The number of aromatic nitrogens is 1. The Hall–Kier alpha value is -3.15. The first-order chi connectivity index (χ1) is 14.2. The van der Waals surface area contributed by atoms with Crippen LogP contribution in [0.15, 0.2) is 60.0 Å². The lowest BCUT2D eigenvalue weighted by molar-refractivity contribution is -0.119. The predicted octanol–water partition coefficient (Wildman–Crippen LogP) is 3.84. The molecule has 2 heterocycles. The van der Waals surface area contributed by atoms with Crippen LogP contribution in [-0.2, 0) is 4.79 Å². The van der Waals surface area contributed by atoms with Crippen molar-refractivity contribution in [1.29, 1.82) is 5.26 Å². The Morgan fingerprint density at radius 1 is 1.14 bits per heavy atom. The van der Waals surface area contributed by atoms with Gasteiger partial charge in [0.1, 0.15) is 16.7 Å². The van der Waals surface area contributed by atoms with Gasteiger partial charge in [-0.3, -0.25) is 9.59 Å². The fourth-order valence-electron chi connectivity index (χ4n) is 2.95. The van der Waals surface area contributed by atoms with Gasteiger partial charge in [0.05, 0.1) is 17.5 Å². The Bertz CT molecular complexity index is 1070. The number of hydrogen-bond acceptors (Lipinski definition) is 6. The highest BCUT2D eigenvalue weighted by Crippen LogP contribution is 2.28. The average Bonchev–Trinajstić information content (AvgIpc) is 3.44. The molecule has 1 unspecified atom stereocenters. The smallest absolute Gasteiger partial charge is 0.274 e. The molecule has 6 nitrogen and oxygen atoms in total. The number of benzene rings is 2. The van der Waals surface area contributed by atoms with E-state index in [1.807, 2.05) is 36.4 Å². The molecule has 1 aromatic heterocycles. The van der Waals surface area contributed by atoms with Crippen molar-refractivity contribution in [2.75, 3.05) is 16.9 Å². The molecular weight excluding hydrogens is 404 g/mol. The lowest BCUT2D eigenvalue weighted by Gasteiger charge is -2.22. The van der Waals surface area contributed by atoms with Crippen LogP contribution in [0.4, 0.5) is 5.69 Å². The summed E-state index contributed by atoms with van der Waals surface area (Å²) >= 11 is 2.95. The minimum absolute atomic E-state index is 0.242. The van der Waals surface area contributed by atoms with Crippen molar-refractivity contribution in [2.45, 2.75) is 6.04 Å². The third-order valence-corrected chi connectivity index (χ3v) is 6.37. The molecule has 29 heavy (non-hydrogen) atoms. The number of amides is 2. The van der Waals surface area contributed by atoms with E-state index >= 15 is 0 Å². The zero-order chi connectivity index (χ0) is 20.2. The van der Waals surface area contributed by atoms with Crippen LogP contribution < -0.4 is 5.32 Å². The number of thioether (sulfide) groups is 1. The van der Waals surface area contributed by atoms with Gasteiger partial charge in [0, 0.05) is 22.4 Å². The second-order valence-corrected chi connectivity index (χ2v) is 8.23. The summed E-state index contributed by atoms with van der Waals surface area (Å²) in [5.41, 5.74) is 2.43. The molecule has 4 rings (SSSR count). The monoisotopic (exact) mass is 420 g/mol. The van der Waals surface area contributed by atoms with Gasteiger partial charge in [0.2, 0.25) is 5.91 Å². The Morgan fingerprint density at radius 3 is 2.62 bits per heavy atom. The summed E-state index contributed by atoms with van der Waals surface area (Å²) in [5.74, 6) is 0.492. The third kappa shape index (κ3) is 4.16. The van der Waals surface area contributed by atoms with Crippen molar-refractivity contribution in [3.05, 3.63) is 71.2 Å². The lowest BCUT2D eigenvalue weighted by Crippen LogP contribution is -2.44. The Morgan fingerprint density at radius 2 is 1.90 bits per heavy atom. The van der Waals surface area contributed by atoms with Crippen molar-refractivity contribution in [3.8, 4) is 16.6 Å². The quantitative estimate of drug-likeness (QED) is 0.693. The first-order valence-electron chi connectivity index (χ1n) is 8.86. The number of nitrogens with one attached hydrogen (secondary N) is 1. The minimum atomic E-state index is -0.565. The lowest BCUT2D eigenvalue weighted by atomic mass is 10.2. The average molecular weight is 421 g/mol. The number of thiazole rings is 1. The van der Waals surface area contributed by atoms with Gasteiger partial charge in [0.15, 0.2) is 0 Å². The molecule has 1 saturated heterocycles. The zero-order valence-electron chi connectivity index (χ0n) is 15.2. The van der Waals surface area contributed by atoms with Crippen molar-refractivity contribution in [2.24, 2.45) is 0 Å². The third-order valence-electron chi connectivity index (χ3n) is 4.47. The van der Waals surface area contributed by atoms with E-state index in [9.17, 15) is 9.59 Å². The van der Waals surface area contributed by atoms with Gasteiger partial charge in [-0.05, 0) is 24.3 Å². The number of hydrogen-bond donors (Lipinski definition) is 1. The van der Waals surface area contributed by atoms with Crippen molar-refractivity contribution < 1.29 is 9.59 Å². The summed E-state index contributed by atoms with van der Waals surface area (Å²) in [6, 6.07) is 17.8. The fraction of sp³-hybridized carbons (Fsp3) is 0.143. The maximum absolute atomic E-state index is 13.0. The molecule has 1 aliphatic rings. The molecule has 8 heteroatoms. The van der Waals surface area contributed by atoms with E-state index in [1.165, 1.54) is 23.1 Å². The maximum atomic E-state index is 13.0. The van der Waals surface area contributed by atoms with Gasteiger partial charge >= 0.3 is 0 Å². The Kier molecular flexibility index (Phi) is 5.60. The molecule has 0 aliphatic carbocycles. The molecule has 144 valence electrons. The normalized spacial score (nSPS) is 15.7. The van der Waals surface area contributed by atoms with Crippen LogP contribution in [0.5, 0.6) is 0 Å². The van der Waals surface area contributed by atoms with Crippen molar-refractivity contribution in [3.63, 3.8) is 0 Å². The first-order valence-corrected chi connectivity index (χ1v) is 10.9. The largest absolute Gasteiger partial charge is 0.324 e. The SMILES string of the molecule is N#Cc1ccc(NC(=O)C2CSCN2C(=O)c2csc(-c3ccccc3)n2)cc1. The molecule has 3 aromatic rings. The number of nitriles is 1. The first kappa shape index (κ1) is 19.2. The molecule has 0 spiro atoms. The Balaban J connectivity index is 1.47. The molecule has 1 N–H and O–H groups in total. The van der Waals surface area contributed by atoms with Crippen LogP contribution >= 0.6 is 23.1 Å². The van der Waals surface area contributed by atoms with Gasteiger partial charge in [-0.2, -0.15) is 5.26 Å². The number of anilines is 1. The van der Waals surface area contributed by atoms with Crippen LogP contribution in [0.25, 0.3) is 10.6 Å². The van der Waals surface area contributed by atoms with E-state index in [0.717, 1.165) is 10.6 Å². The molecule has 1 atom stereocenters. The van der Waals surface area contributed by atoms with Gasteiger partial charge in [-0.25, -0.2) is 4.98 Å². The summed E-state index contributed by atoms with van der Waals surface area (Å²) in [7, 11) is 0. The standard InChI is InChI=1S/C21H16N4O2S2/c22-10-14-6-8-16(9-7-14)23-19(26)18-12-28-13-25(18)21(27)17-11-29-20(24-17)15-4-2-1-3-5-15/h1-9,11,18H,12-13H2,(H,23,26). The van der Waals surface area contributed by atoms with Gasteiger partial charge < -0.3 is 10.2 Å². The van der Waals surface area contributed by atoms with Crippen LogP contribution in [0.3, 0.4) is 0 Å². The summed E-state index contributed by atoms with van der Waals surface area (Å²) in [4.78, 5) is 31.8. The van der Waals surface area contributed by atoms with Crippen molar-refractivity contribution >= 4 is 40.6 Å². The highest BCUT2D eigenvalue weighted by atomic mass is 32.2. The number of carbonyl (C=O) groups excluding carboxylic acids is 2. The second kappa shape index (κ2) is 8.47. The molecule has 2 aromatic carbocycles. The van der Waals surface area contributed by atoms with Gasteiger partial charge in [0.25, 0.3) is 5.91 Å². The van der Waals surface area contributed by atoms with Crippen LogP contribution in [0.1, 0.15) is 16.1 Å². The molecule has 0 bridgehead atoms. The minimum Gasteiger partial charge on any atom is -0.324 e. The fourth-order valence-corrected chi connectivity index (χ4v) is 4.90. The molecule has 1 aliphatic heterocycles. The van der Waals surface area contributed by atoms with E-state index in [0.29, 0.717) is 28.6 Å². The van der Waals surface area contributed by atoms with Crippen LogP contribution in [0, 0.1) is 11.3 Å². The summed E-state index contributed by atoms with van der Waals surface area (Å²) in [6.07, 6.45) is 0. The number of rotatable bonds is 4. The number of carbonyl (C=O) groups is 2. The van der Waals surface area contributed by atoms with E-state index in [1.54, 1.807) is 34.5 Å². The van der Waals surface area contributed by atoms with Gasteiger partial charge in [-0.1, -0.05) is 30.3 Å². The molecule has 2 amide bonds. The van der Waals surface area contributed by atoms with E-state index in [2.05, 4.69) is 10.3 Å². The van der Waals surface area contributed by atoms with Gasteiger partial charge in [-0.15, -0.1) is 23.1 Å². The summed E-state index contributed by atoms with van der Waals surface area (Å²) in [6.45, 7) is 0. The highest BCUT2D eigenvalue weighted by Gasteiger charge is 2.36. The van der Waals surface area contributed by atoms with E-state index in [4.69, 9.17) is 5.26 Å². The topological polar surface area (TPSA) is 86.1 Å². The Labute approximate surface area is 176 Å². The van der Waals surface area contributed by atoms with E-state index in [-0.39, 0.29) is 11.8 Å². The molecule has 0 radical (unpaired) electrons. The maximum Gasteiger partial charge on any atom is 0.274 e. The van der Waals surface area contributed by atoms with Crippen LogP contribution in [-0.4, -0.2) is 39.4 Å². The molecule has 1 fully saturated rings. The number of nitrogens with zero attached hydrogens (tertiary/aromatic N) is 3. The zero-order valence-corrected chi connectivity index (χ0v) is 16.9. The highest BCUT2D eigenvalue weighted by molar-refractivity contribution is 7.99. The predicted molar refractivity (Wildman–Crippen MR) is 115 cm³/mol. The summed E-state index contributed by atoms with van der Waals surface area (Å²) < 4.78 is 0.